The maximum Gasteiger partial charge on any atom is 0.425 e. The van der Waals surface area contributed by atoms with Crippen molar-refractivity contribution in [2.24, 2.45) is 0 Å². The fraction of sp³-hybridized carbons (Fsp3) is 0.133. The van der Waals surface area contributed by atoms with Crippen LogP contribution in [0.5, 0.6) is 6.01 Å². The lowest BCUT2D eigenvalue weighted by Gasteiger charge is -2.10. The van der Waals surface area contributed by atoms with Gasteiger partial charge in [0.05, 0.1) is 7.11 Å². The highest BCUT2D eigenvalue weighted by molar-refractivity contribution is 7.86. The van der Waals surface area contributed by atoms with Gasteiger partial charge in [0.25, 0.3) is 10.1 Å². The Hall–Kier alpha value is -3.16. The molecule has 0 saturated carbocycles. The maximum absolute atomic E-state index is 11.7. The molecule has 0 fully saturated rings. The molecule has 3 rings (SSSR count). The summed E-state index contributed by atoms with van der Waals surface area (Å²) in [7, 11) is -6.06. The number of rotatable bonds is 4. The van der Waals surface area contributed by atoms with E-state index >= 15 is 0 Å². The van der Waals surface area contributed by atoms with Gasteiger partial charge >= 0.3 is 16.6 Å². The number of ether oxygens (including phenoxy) is 1. The number of hydrogen-bond acceptors (Lipinski definition) is 10. The first kappa shape index (κ1) is 21.1. The smallest absolute Gasteiger partial charge is 0.425 e. The van der Waals surface area contributed by atoms with Crippen molar-refractivity contribution in [1.82, 2.24) is 15.0 Å². The second kappa shape index (κ2) is 8.69. The van der Waals surface area contributed by atoms with Gasteiger partial charge in [0, 0.05) is 11.1 Å². The Morgan fingerprint density at radius 3 is 2.32 bits per heavy atom. The van der Waals surface area contributed by atoms with Gasteiger partial charge in [-0.15, -0.1) is 12.6 Å². The normalized spacial score (nSPS) is 10.7. The minimum atomic E-state index is -4.38. The number of benzene rings is 2. The van der Waals surface area contributed by atoms with Crippen LogP contribution in [0.1, 0.15) is 5.82 Å². The Bertz CT molecular complexity index is 1220. The first-order chi connectivity index (χ1) is 13.1. The summed E-state index contributed by atoms with van der Waals surface area (Å²) in [6.07, 6.45) is 0. The third kappa shape index (κ3) is 5.67. The number of aromatic nitrogens is 3. The molecular weight excluding hydrogens is 412 g/mol. The second-order valence-corrected chi connectivity index (χ2v) is 6.99. The van der Waals surface area contributed by atoms with Crippen LogP contribution in [0.4, 0.5) is 11.6 Å². The molecule has 13 heteroatoms. The molecule has 0 spiro atoms. The maximum atomic E-state index is 11.7. The van der Waals surface area contributed by atoms with Crippen LogP contribution < -0.4 is 10.1 Å². The van der Waals surface area contributed by atoms with E-state index in [4.69, 9.17) is 17.4 Å². The Morgan fingerprint density at radius 1 is 1.07 bits per heavy atom. The van der Waals surface area contributed by atoms with Crippen molar-refractivity contribution in [3.63, 3.8) is 0 Å². The molecular formula is C15H14N4O7S2. The molecule has 0 radical (unpaired) electrons. The van der Waals surface area contributed by atoms with Crippen LogP contribution in [-0.4, -0.2) is 47.7 Å². The van der Waals surface area contributed by atoms with Crippen LogP contribution in [0.25, 0.3) is 10.8 Å². The number of methoxy groups -OCH3 is 1. The van der Waals surface area contributed by atoms with Gasteiger partial charge in [0.1, 0.15) is 10.7 Å². The van der Waals surface area contributed by atoms with Crippen molar-refractivity contribution in [3.05, 3.63) is 42.2 Å². The Balaban J connectivity index is 0.000000640. The first-order valence-electron chi connectivity index (χ1n) is 7.41. The van der Waals surface area contributed by atoms with Crippen LogP contribution >= 0.6 is 0 Å². The summed E-state index contributed by atoms with van der Waals surface area (Å²) >= 11 is 0. The fourth-order valence-corrected chi connectivity index (χ4v) is 3.03. The molecule has 1 heterocycles. The van der Waals surface area contributed by atoms with E-state index in [1.807, 2.05) is 0 Å². The standard InChI is InChI=1S/C15H14N4O4S.O3S/c1-9-16-14(19-15(17-9)23-2)18-11-7-10-5-3-4-6-12(10)13(8-11)24(20,21)22;1-4(2)3/h3-8H,1-2H3,(H,20,21,22)(H,16,17,18,19);. The summed E-state index contributed by atoms with van der Waals surface area (Å²) in [6.45, 7) is 1.68. The van der Waals surface area contributed by atoms with Crippen LogP contribution in [0.3, 0.4) is 0 Å². The third-order valence-corrected chi connectivity index (χ3v) is 4.16. The molecule has 0 aliphatic heterocycles. The predicted molar refractivity (Wildman–Crippen MR) is 97.9 cm³/mol. The van der Waals surface area contributed by atoms with Crippen molar-refractivity contribution in [2.45, 2.75) is 11.8 Å². The van der Waals surface area contributed by atoms with Crippen LogP contribution in [0.2, 0.25) is 0 Å². The molecule has 148 valence electrons. The molecule has 3 aromatic rings. The molecule has 0 aliphatic rings. The Kier molecular flexibility index (Phi) is 6.56. The van der Waals surface area contributed by atoms with Crippen LogP contribution in [0.15, 0.2) is 41.3 Å². The number of fused-ring (bicyclic) bond motifs is 1. The topological polar surface area (TPSA) is 166 Å². The monoisotopic (exact) mass is 426 g/mol. The van der Waals surface area contributed by atoms with Gasteiger partial charge < -0.3 is 10.1 Å². The molecule has 1 aromatic heterocycles. The van der Waals surface area contributed by atoms with Crippen molar-refractivity contribution in [3.8, 4) is 6.01 Å². The molecule has 0 amide bonds. The van der Waals surface area contributed by atoms with Crippen molar-refractivity contribution in [1.29, 1.82) is 0 Å². The highest BCUT2D eigenvalue weighted by Gasteiger charge is 2.16. The van der Waals surface area contributed by atoms with Gasteiger partial charge in [0.15, 0.2) is 0 Å². The number of nitrogens with one attached hydrogen (secondary N) is 1. The molecule has 2 N–H and O–H groups in total. The summed E-state index contributed by atoms with van der Waals surface area (Å²) in [6, 6.07) is 10.0. The van der Waals surface area contributed by atoms with Gasteiger partial charge in [-0.2, -0.15) is 23.4 Å². The summed E-state index contributed by atoms with van der Waals surface area (Å²) in [5.41, 5.74) is 0.411. The van der Waals surface area contributed by atoms with E-state index in [-0.39, 0.29) is 16.9 Å². The molecule has 0 aliphatic carbocycles. The van der Waals surface area contributed by atoms with Crippen LogP contribution in [0, 0.1) is 6.92 Å². The Morgan fingerprint density at radius 2 is 1.71 bits per heavy atom. The molecule has 2 aromatic carbocycles. The lowest BCUT2D eigenvalue weighted by Crippen LogP contribution is -2.05. The SMILES string of the molecule is COc1nc(C)nc(Nc2cc(S(=O)(=O)O)c3ccccc3c2)n1.O=S(=O)=O. The number of nitrogens with zero attached hydrogens (tertiary/aromatic N) is 3. The van der Waals surface area contributed by atoms with E-state index in [2.05, 4.69) is 20.3 Å². The molecule has 0 unspecified atom stereocenters. The molecule has 11 nitrogen and oxygen atoms in total. The lowest BCUT2D eigenvalue weighted by atomic mass is 10.1. The predicted octanol–water partition coefficient (Wildman–Crippen LogP) is 1.33. The summed E-state index contributed by atoms with van der Waals surface area (Å²) in [5.74, 6) is 0.649. The van der Waals surface area contributed by atoms with E-state index in [9.17, 15) is 13.0 Å². The number of hydrogen-bond donors (Lipinski definition) is 2. The second-order valence-electron chi connectivity index (χ2n) is 5.19. The van der Waals surface area contributed by atoms with E-state index in [0.29, 0.717) is 22.3 Å². The van der Waals surface area contributed by atoms with Gasteiger partial charge in [-0.25, -0.2) is 0 Å². The van der Waals surface area contributed by atoms with Crippen LogP contribution in [-0.2, 0) is 20.7 Å². The average molecular weight is 426 g/mol. The summed E-state index contributed by atoms with van der Waals surface area (Å²) in [4.78, 5) is 12.0. The molecule has 28 heavy (non-hydrogen) atoms. The lowest BCUT2D eigenvalue weighted by molar-refractivity contribution is 0.377. The average Bonchev–Trinajstić information content (AvgIpc) is 2.59. The van der Waals surface area contributed by atoms with E-state index < -0.39 is 20.7 Å². The quantitative estimate of drug-likeness (QED) is 0.578. The van der Waals surface area contributed by atoms with Gasteiger partial charge in [-0.3, -0.25) is 4.55 Å². The molecule has 0 bridgehead atoms. The highest BCUT2D eigenvalue weighted by atomic mass is 32.2. The number of aryl methyl sites for hydroxylation is 1. The fourth-order valence-electron chi connectivity index (χ4n) is 2.29. The van der Waals surface area contributed by atoms with Crippen molar-refractivity contribution < 1.29 is 30.3 Å². The summed E-state index contributed by atoms with van der Waals surface area (Å²) in [5, 5.41) is 3.98. The molecule has 0 atom stereocenters. The zero-order valence-electron chi connectivity index (χ0n) is 14.5. The number of anilines is 2. The first-order valence-corrected chi connectivity index (χ1v) is 9.85. The van der Waals surface area contributed by atoms with E-state index in [0.717, 1.165) is 0 Å². The largest absolute Gasteiger partial charge is 0.467 e. The van der Waals surface area contributed by atoms with E-state index in [1.165, 1.54) is 13.2 Å². The minimum Gasteiger partial charge on any atom is -0.467 e. The van der Waals surface area contributed by atoms with E-state index in [1.54, 1.807) is 37.3 Å². The van der Waals surface area contributed by atoms with Crippen molar-refractivity contribution >= 4 is 43.1 Å². The molecule has 0 saturated heterocycles. The van der Waals surface area contributed by atoms with Crippen molar-refractivity contribution in [2.75, 3.05) is 12.4 Å². The van der Waals surface area contributed by atoms with Gasteiger partial charge in [0.2, 0.25) is 5.95 Å². The minimum absolute atomic E-state index is 0.140. The van der Waals surface area contributed by atoms with Gasteiger partial charge in [-0.05, 0) is 24.4 Å². The summed E-state index contributed by atoms with van der Waals surface area (Å²) < 4.78 is 63.1. The third-order valence-electron chi connectivity index (χ3n) is 3.27. The Labute approximate surface area is 161 Å². The highest BCUT2D eigenvalue weighted by Crippen LogP contribution is 2.28. The zero-order chi connectivity index (χ0) is 20.9. The zero-order valence-corrected chi connectivity index (χ0v) is 16.2. The van der Waals surface area contributed by atoms with Gasteiger partial charge in [-0.1, -0.05) is 24.3 Å².